The second-order valence-electron chi connectivity index (χ2n) is 9.53. The van der Waals surface area contributed by atoms with Crippen molar-refractivity contribution in [3.8, 4) is 11.1 Å². The van der Waals surface area contributed by atoms with E-state index in [9.17, 15) is 4.79 Å². The first-order chi connectivity index (χ1) is 17.0. The van der Waals surface area contributed by atoms with Crippen LogP contribution >= 0.6 is 0 Å². The van der Waals surface area contributed by atoms with Crippen LogP contribution in [0.5, 0.6) is 0 Å². The van der Waals surface area contributed by atoms with Gasteiger partial charge in [-0.3, -0.25) is 9.48 Å². The number of nitrogens with zero attached hydrogens (tertiary/aromatic N) is 8. The van der Waals surface area contributed by atoms with E-state index in [1.165, 1.54) is 0 Å². The van der Waals surface area contributed by atoms with Crippen LogP contribution in [0.3, 0.4) is 0 Å². The fourth-order valence-electron chi connectivity index (χ4n) is 4.88. The average Bonchev–Trinajstić information content (AvgIpc) is 3.21. The molecule has 2 aliphatic rings. The summed E-state index contributed by atoms with van der Waals surface area (Å²) in [7, 11) is 2.15. The summed E-state index contributed by atoms with van der Waals surface area (Å²) < 4.78 is 1.80. The van der Waals surface area contributed by atoms with Crippen LogP contribution < -0.4 is 9.80 Å². The highest BCUT2D eigenvalue weighted by Crippen LogP contribution is 2.31. The van der Waals surface area contributed by atoms with Crippen LogP contribution in [-0.4, -0.2) is 94.9 Å². The third-order valence-electron chi connectivity index (χ3n) is 7.00. The Morgan fingerprint density at radius 2 is 1.54 bits per heavy atom. The summed E-state index contributed by atoms with van der Waals surface area (Å²) >= 11 is 0. The molecule has 0 N–H and O–H groups in total. The molecule has 2 saturated heterocycles. The van der Waals surface area contributed by atoms with E-state index in [-0.39, 0.29) is 5.91 Å². The maximum absolute atomic E-state index is 12.9. The Balaban J connectivity index is 1.24. The van der Waals surface area contributed by atoms with Gasteiger partial charge in [0.1, 0.15) is 6.54 Å². The maximum Gasteiger partial charge on any atom is 0.244 e. The minimum Gasteiger partial charge on any atom is -0.367 e. The number of hydrogen-bond donors (Lipinski definition) is 0. The van der Waals surface area contributed by atoms with Crippen LogP contribution in [0.25, 0.3) is 11.1 Å². The summed E-state index contributed by atoms with van der Waals surface area (Å²) in [5.41, 5.74) is 5.26. The van der Waals surface area contributed by atoms with Gasteiger partial charge in [-0.25, -0.2) is 9.97 Å². The number of rotatable bonds is 5. The van der Waals surface area contributed by atoms with Gasteiger partial charge in [0, 0.05) is 87.3 Å². The first-order valence-electron chi connectivity index (χ1n) is 12.4. The molecule has 2 fully saturated rings. The van der Waals surface area contributed by atoms with E-state index in [0.717, 1.165) is 73.4 Å². The molecule has 0 spiro atoms. The SMILES string of the molecule is Cc1cc(C)n(CC(=O)N2CCN(c3ccccc3-c3cnc(N4CCN(C)CC4)nc3)CC2)n1. The molecule has 0 radical (unpaired) electrons. The molecule has 0 bridgehead atoms. The van der Waals surface area contributed by atoms with Gasteiger partial charge in [0.15, 0.2) is 0 Å². The molecule has 2 aromatic heterocycles. The van der Waals surface area contributed by atoms with Crippen molar-refractivity contribution in [1.82, 2.24) is 29.5 Å². The van der Waals surface area contributed by atoms with Crippen molar-refractivity contribution in [3.63, 3.8) is 0 Å². The summed E-state index contributed by atoms with van der Waals surface area (Å²) in [6, 6.07) is 10.4. The topological polar surface area (TPSA) is 73.6 Å². The highest BCUT2D eigenvalue weighted by molar-refractivity contribution is 5.79. The standard InChI is InChI=1S/C26H34N8O/c1-20-16-21(2)34(29-20)19-25(35)32-14-12-31(13-15-32)24-7-5-4-6-23(24)22-17-27-26(28-18-22)33-10-8-30(3)9-11-33/h4-7,16-18H,8-15,19H2,1-3H3. The molecule has 0 aliphatic carbocycles. The van der Waals surface area contributed by atoms with Gasteiger partial charge >= 0.3 is 0 Å². The van der Waals surface area contributed by atoms with Crippen molar-refractivity contribution in [1.29, 1.82) is 0 Å². The second-order valence-corrected chi connectivity index (χ2v) is 9.53. The van der Waals surface area contributed by atoms with Crippen molar-refractivity contribution >= 4 is 17.5 Å². The Labute approximate surface area is 207 Å². The number of aromatic nitrogens is 4. The van der Waals surface area contributed by atoms with E-state index in [0.29, 0.717) is 19.6 Å². The quantitative estimate of drug-likeness (QED) is 0.560. The Hall–Kier alpha value is -3.46. The van der Waals surface area contributed by atoms with Crippen LogP contribution in [0.1, 0.15) is 11.4 Å². The molecule has 35 heavy (non-hydrogen) atoms. The Bertz CT molecular complexity index is 1160. The van der Waals surface area contributed by atoms with Gasteiger partial charge in [-0.1, -0.05) is 18.2 Å². The lowest BCUT2D eigenvalue weighted by molar-refractivity contribution is -0.132. The molecule has 2 aliphatic heterocycles. The molecule has 1 amide bonds. The molecule has 9 nitrogen and oxygen atoms in total. The summed E-state index contributed by atoms with van der Waals surface area (Å²) in [6.07, 6.45) is 3.88. The molecule has 0 saturated carbocycles. The van der Waals surface area contributed by atoms with Gasteiger partial charge in [-0.2, -0.15) is 5.10 Å². The predicted molar refractivity (Wildman–Crippen MR) is 138 cm³/mol. The lowest BCUT2D eigenvalue weighted by atomic mass is 10.1. The third-order valence-corrected chi connectivity index (χ3v) is 7.00. The maximum atomic E-state index is 12.9. The van der Waals surface area contributed by atoms with E-state index in [1.807, 2.05) is 37.2 Å². The van der Waals surface area contributed by atoms with Gasteiger partial charge in [0.25, 0.3) is 0 Å². The molecular formula is C26H34N8O. The summed E-state index contributed by atoms with van der Waals surface area (Å²) in [6.45, 7) is 11.2. The van der Waals surface area contributed by atoms with E-state index in [4.69, 9.17) is 9.97 Å². The Morgan fingerprint density at radius 3 is 2.20 bits per heavy atom. The first-order valence-corrected chi connectivity index (χ1v) is 12.4. The molecule has 0 atom stereocenters. The monoisotopic (exact) mass is 474 g/mol. The average molecular weight is 475 g/mol. The lowest BCUT2D eigenvalue weighted by Crippen LogP contribution is -2.49. The number of carbonyl (C=O) groups excluding carboxylic acids is 1. The number of likely N-dealkylation sites (N-methyl/N-ethyl adjacent to an activating group) is 1. The molecule has 0 unspecified atom stereocenters. The van der Waals surface area contributed by atoms with Crippen molar-refractivity contribution in [2.24, 2.45) is 0 Å². The minimum atomic E-state index is 0.122. The molecule has 4 heterocycles. The van der Waals surface area contributed by atoms with Crippen LogP contribution in [-0.2, 0) is 11.3 Å². The van der Waals surface area contributed by atoms with Crippen LogP contribution in [0.2, 0.25) is 0 Å². The van der Waals surface area contributed by atoms with Gasteiger partial charge in [-0.15, -0.1) is 0 Å². The molecule has 9 heteroatoms. The lowest BCUT2D eigenvalue weighted by Gasteiger charge is -2.37. The predicted octanol–water partition coefficient (Wildman–Crippen LogP) is 2.06. The van der Waals surface area contributed by atoms with Crippen LogP contribution in [0, 0.1) is 13.8 Å². The first kappa shape index (κ1) is 23.3. The van der Waals surface area contributed by atoms with Crippen molar-refractivity contribution in [2.45, 2.75) is 20.4 Å². The van der Waals surface area contributed by atoms with Crippen LogP contribution in [0.4, 0.5) is 11.6 Å². The van der Waals surface area contributed by atoms with Crippen molar-refractivity contribution in [2.75, 3.05) is 69.2 Å². The summed E-state index contributed by atoms with van der Waals surface area (Å²) in [5, 5.41) is 4.43. The number of amides is 1. The smallest absolute Gasteiger partial charge is 0.244 e. The molecule has 184 valence electrons. The second kappa shape index (κ2) is 10.0. The fourth-order valence-corrected chi connectivity index (χ4v) is 4.88. The third kappa shape index (κ3) is 5.14. The summed E-state index contributed by atoms with van der Waals surface area (Å²) in [5.74, 6) is 0.922. The molecule has 1 aromatic carbocycles. The van der Waals surface area contributed by atoms with Gasteiger partial charge in [-0.05, 0) is 33.0 Å². The highest BCUT2D eigenvalue weighted by atomic mass is 16.2. The number of anilines is 2. The number of hydrogen-bond acceptors (Lipinski definition) is 7. The van der Waals surface area contributed by atoms with Crippen molar-refractivity contribution < 1.29 is 4.79 Å². The molecular weight excluding hydrogens is 440 g/mol. The number of benzene rings is 1. The number of piperazine rings is 2. The van der Waals surface area contributed by atoms with Gasteiger partial charge in [0.05, 0.1) is 5.69 Å². The Kier molecular flexibility index (Phi) is 6.68. The number of aryl methyl sites for hydroxylation is 2. The van der Waals surface area contributed by atoms with E-state index >= 15 is 0 Å². The zero-order valence-electron chi connectivity index (χ0n) is 20.9. The molecule has 3 aromatic rings. The van der Waals surface area contributed by atoms with Gasteiger partial charge < -0.3 is 19.6 Å². The number of para-hydroxylation sites is 1. The zero-order chi connectivity index (χ0) is 24.4. The Morgan fingerprint density at radius 1 is 0.886 bits per heavy atom. The van der Waals surface area contributed by atoms with Gasteiger partial charge in [0.2, 0.25) is 11.9 Å². The van der Waals surface area contributed by atoms with E-state index in [1.54, 1.807) is 4.68 Å². The minimum absolute atomic E-state index is 0.122. The van der Waals surface area contributed by atoms with Crippen molar-refractivity contribution in [3.05, 3.63) is 54.1 Å². The fraction of sp³-hybridized carbons (Fsp3) is 0.462. The number of carbonyl (C=O) groups is 1. The van der Waals surface area contributed by atoms with E-state index in [2.05, 4.69) is 51.1 Å². The van der Waals surface area contributed by atoms with Crippen LogP contribution in [0.15, 0.2) is 42.7 Å². The normalized spacial score (nSPS) is 17.2. The zero-order valence-corrected chi connectivity index (χ0v) is 20.9. The molecule has 5 rings (SSSR count). The largest absolute Gasteiger partial charge is 0.367 e. The summed E-state index contributed by atoms with van der Waals surface area (Å²) in [4.78, 5) is 31.1. The highest BCUT2D eigenvalue weighted by Gasteiger charge is 2.24. The van der Waals surface area contributed by atoms with E-state index < -0.39 is 0 Å².